The van der Waals surface area contributed by atoms with Crippen LogP contribution < -0.4 is 20.3 Å². The minimum absolute atomic E-state index is 0.0358. The number of ether oxygens (including phenoxy) is 2. The summed E-state index contributed by atoms with van der Waals surface area (Å²) in [4.78, 5) is 24.6. The minimum atomic E-state index is -3.69. The molecule has 0 atom stereocenters. The lowest BCUT2D eigenvalue weighted by Gasteiger charge is -2.13. The van der Waals surface area contributed by atoms with Crippen LogP contribution in [-0.2, 0) is 10.0 Å². The predicted octanol–water partition coefficient (Wildman–Crippen LogP) is 1.59. The topological polar surface area (TPSA) is 114 Å². The van der Waals surface area contributed by atoms with Gasteiger partial charge in [0.15, 0.2) is 11.5 Å². The van der Waals surface area contributed by atoms with E-state index in [1.165, 1.54) is 57.6 Å². The number of amides is 2. The summed E-state index contributed by atoms with van der Waals surface area (Å²) in [5.41, 5.74) is 4.84. The van der Waals surface area contributed by atoms with E-state index >= 15 is 0 Å². The third kappa shape index (κ3) is 5.37. The highest BCUT2D eigenvalue weighted by atomic mass is 32.2. The summed E-state index contributed by atoms with van der Waals surface area (Å²) in [6.07, 6.45) is 1.58. The van der Waals surface area contributed by atoms with Gasteiger partial charge in [0.2, 0.25) is 10.0 Å². The predicted molar refractivity (Wildman–Crippen MR) is 111 cm³/mol. The molecule has 0 heterocycles. The van der Waals surface area contributed by atoms with Crippen LogP contribution in [0.15, 0.2) is 60.0 Å². The lowest BCUT2D eigenvalue weighted by atomic mass is 10.2. The fourth-order valence-corrected chi connectivity index (χ4v) is 3.29. The first-order chi connectivity index (χ1) is 14.2. The highest BCUT2D eigenvalue weighted by Crippen LogP contribution is 2.28. The largest absolute Gasteiger partial charge is 0.493 e. The average molecular weight is 433 g/mol. The molecule has 30 heavy (non-hydrogen) atoms. The molecule has 0 fully saturated rings. The fourth-order valence-electron chi connectivity index (χ4n) is 2.34. The van der Waals surface area contributed by atoms with Gasteiger partial charge < -0.3 is 9.47 Å². The molecule has 160 valence electrons. The Morgan fingerprint density at radius 1 is 1.03 bits per heavy atom. The van der Waals surface area contributed by atoms with Crippen molar-refractivity contribution in [2.75, 3.05) is 27.8 Å². The molecule has 2 rings (SSSR count). The molecule has 10 heteroatoms. The van der Waals surface area contributed by atoms with Gasteiger partial charge in [0.1, 0.15) is 6.61 Å². The number of nitrogens with zero attached hydrogens (tertiary/aromatic N) is 1. The molecule has 2 N–H and O–H groups in total. The zero-order valence-corrected chi connectivity index (χ0v) is 17.7. The standard InChI is InChI=1S/C20H23N3O6S/c1-5-11-29-17-10-9-15(13-18(17)28-4)20(25)22-21-19(24)14-7-6-8-16(12-14)30(26,27)23(2)3/h5-10,12-13H,1,11H2,2-4H3,(H,21,24)(H,22,25). The number of rotatable bonds is 8. The van der Waals surface area contributed by atoms with Crippen molar-refractivity contribution in [1.29, 1.82) is 0 Å². The van der Waals surface area contributed by atoms with E-state index in [4.69, 9.17) is 9.47 Å². The van der Waals surface area contributed by atoms with Gasteiger partial charge in [-0.15, -0.1) is 0 Å². The molecule has 2 aromatic rings. The number of benzene rings is 2. The van der Waals surface area contributed by atoms with Crippen molar-refractivity contribution in [2.24, 2.45) is 0 Å². The molecule has 0 aromatic heterocycles. The Kier molecular flexibility index (Phi) is 7.56. The molecular formula is C20H23N3O6S. The molecule has 0 aliphatic heterocycles. The molecule has 0 unspecified atom stereocenters. The summed E-state index contributed by atoms with van der Waals surface area (Å²) in [6, 6.07) is 10.0. The fraction of sp³-hybridized carbons (Fsp3) is 0.200. The molecule has 0 aliphatic rings. The quantitative estimate of drug-likeness (QED) is 0.483. The second kappa shape index (κ2) is 9.90. The molecule has 0 aliphatic carbocycles. The van der Waals surface area contributed by atoms with Crippen LogP contribution in [0.25, 0.3) is 0 Å². The third-order valence-electron chi connectivity index (χ3n) is 3.95. The number of methoxy groups -OCH3 is 1. The first-order valence-electron chi connectivity index (χ1n) is 8.75. The van der Waals surface area contributed by atoms with Gasteiger partial charge in [-0.05, 0) is 36.4 Å². The van der Waals surface area contributed by atoms with Crippen molar-refractivity contribution in [2.45, 2.75) is 4.90 Å². The van der Waals surface area contributed by atoms with Crippen molar-refractivity contribution >= 4 is 21.8 Å². The summed E-state index contributed by atoms with van der Waals surface area (Å²) >= 11 is 0. The zero-order chi connectivity index (χ0) is 22.3. The van der Waals surface area contributed by atoms with Gasteiger partial charge >= 0.3 is 0 Å². The van der Waals surface area contributed by atoms with Crippen molar-refractivity contribution in [3.05, 3.63) is 66.2 Å². The van der Waals surface area contributed by atoms with E-state index in [-0.39, 0.29) is 22.6 Å². The number of carbonyl (C=O) groups excluding carboxylic acids is 2. The summed E-state index contributed by atoms with van der Waals surface area (Å²) in [5, 5.41) is 0. The Labute approximate surface area is 175 Å². The van der Waals surface area contributed by atoms with Gasteiger partial charge in [-0.25, -0.2) is 12.7 Å². The Balaban J connectivity index is 2.10. The van der Waals surface area contributed by atoms with Crippen molar-refractivity contribution in [3.63, 3.8) is 0 Å². The summed E-state index contributed by atoms with van der Waals surface area (Å²) in [7, 11) is 0.533. The van der Waals surface area contributed by atoms with Gasteiger partial charge in [0.05, 0.1) is 12.0 Å². The highest BCUT2D eigenvalue weighted by Gasteiger charge is 2.19. The van der Waals surface area contributed by atoms with E-state index in [1.807, 2.05) is 0 Å². The Hall–Kier alpha value is -3.37. The first kappa shape index (κ1) is 22.9. The van der Waals surface area contributed by atoms with Crippen molar-refractivity contribution < 1.29 is 27.5 Å². The molecular weight excluding hydrogens is 410 g/mol. The van der Waals surface area contributed by atoms with Gasteiger partial charge in [0, 0.05) is 25.2 Å². The van der Waals surface area contributed by atoms with Crippen molar-refractivity contribution in [1.82, 2.24) is 15.2 Å². The molecule has 0 radical (unpaired) electrons. The summed E-state index contributed by atoms with van der Waals surface area (Å²) < 4.78 is 36.1. The molecule has 0 saturated heterocycles. The maximum Gasteiger partial charge on any atom is 0.269 e. The van der Waals surface area contributed by atoms with Crippen LogP contribution in [0.3, 0.4) is 0 Å². The second-order valence-electron chi connectivity index (χ2n) is 6.19. The van der Waals surface area contributed by atoms with Crippen LogP contribution in [0.2, 0.25) is 0 Å². The van der Waals surface area contributed by atoms with E-state index in [2.05, 4.69) is 17.4 Å². The van der Waals surface area contributed by atoms with Gasteiger partial charge in [-0.2, -0.15) is 0 Å². The van der Waals surface area contributed by atoms with Crippen LogP contribution in [-0.4, -0.2) is 52.3 Å². The Bertz CT molecular complexity index is 1050. The maximum absolute atomic E-state index is 12.3. The molecule has 0 spiro atoms. The van der Waals surface area contributed by atoms with E-state index < -0.39 is 21.8 Å². The van der Waals surface area contributed by atoms with Gasteiger partial charge in [0.25, 0.3) is 11.8 Å². The van der Waals surface area contributed by atoms with Crippen LogP contribution >= 0.6 is 0 Å². The SMILES string of the molecule is C=CCOc1ccc(C(=O)NNC(=O)c2cccc(S(=O)(=O)N(C)C)c2)cc1OC. The molecule has 2 aromatic carbocycles. The van der Waals surface area contributed by atoms with Crippen LogP contribution in [0, 0.1) is 0 Å². The minimum Gasteiger partial charge on any atom is -0.493 e. The van der Waals surface area contributed by atoms with E-state index in [0.29, 0.717) is 11.5 Å². The molecule has 2 amide bonds. The lowest BCUT2D eigenvalue weighted by molar-refractivity contribution is 0.0846. The molecule has 0 saturated carbocycles. The third-order valence-corrected chi connectivity index (χ3v) is 5.76. The van der Waals surface area contributed by atoms with Crippen LogP contribution in [0.4, 0.5) is 0 Å². The van der Waals surface area contributed by atoms with Gasteiger partial charge in [-0.3, -0.25) is 20.4 Å². The number of hydrogen-bond donors (Lipinski definition) is 2. The summed E-state index contributed by atoms with van der Waals surface area (Å²) in [6.45, 7) is 3.84. The normalized spacial score (nSPS) is 10.9. The van der Waals surface area contributed by atoms with Crippen molar-refractivity contribution in [3.8, 4) is 11.5 Å². The number of sulfonamides is 1. The molecule has 9 nitrogen and oxygen atoms in total. The Morgan fingerprint density at radius 2 is 1.67 bits per heavy atom. The Morgan fingerprint density at radius 3 is 2.23 bits per heavy atom. The zero-order valence-electron chi connectivity index (χ0n) is 16.8. The molecule has 0 bridgehead atoms. The van der Waals surface area contributed by atoms with E-state index in [1.54, 1.807) is 12.1 Å². The number of hydrogen-bond acceptors (Lipinski definition) is 6. The average Bonchev–Trinajstić information content (AvgIpc) is 2.75. The van der Waals surface area contributed by atoms with E-state index in [0.717, 1.165) is 4.31 Å². The highest BCUT2D eigenvalue weighted by molar-refractivity contribution is 7.89. The lowest BCUT2D eigenvalue weighted by Crippen LogP contribution is -2.41. The number of hydrazine groups is 1. The van der Waals surface area contributed by atoms with Crippen LogP contribution in [0.1, 0.15) is 20.7 Å². The number of carbonyl (C=O) groups is 2. The van der Waals surface area contributed by atoms with E-state index in [9.17, 15) is 18.0 Å². The maximum atomic E-state index is 12.3. The number of nitrogens with one attached hydrogen (secondary N) is 2. The van der Waals surface area contributed by atoms with Gasteiger partial charge in [-0.1, -0.05) is 18.7 Å². The first-order valence-corrected chi connectivity index (χ1v) is 10.2. The second-order valence-corrected chi connectivity index (χ2v) is 8.34. The monoisotopic (exact) mass is 433 g/mol. The smallest absolute Gasteiger partial charge is 0.269 e. The van der Waals surface area contributed by atoms with Crippen LogP contribution in [0.5, 0.6) is 11.5 Å². The summed E-state index contributed by atoms with van der Waals surface area (Å²) in [5.74, 6) is -0.472.